The number of halogens is 3. The summed E-state index contributed by atoms with van der Waals surface area (Å²) in [5.74, 6) is -0.0548. The fourth-order valence-corrected chi connectivity index (χ4v) is 2.85. The molecule has 3 rings (SSSR count). The van der Waals surface area contributed by atoms with E-state index in [1.165, 1.54) is 36.4 Å². The molecule has 2 aromatic rings. The number of alkyl halides is 3. The summed E-state index contributed by atoms with van der Waals surface area (Å²) in [6, 6.07) is 10.9. The van der Waals surface area contributed by atoms with E-state index in [-0.39, 0.29) is 23.9 Å². The standard InChI is InChI=1S/C22H20F3NO4/c23-22(24,25)18-3-1-2-16(14-18)4-9-20(27)17-5-7-19(8-6-17)30-15-21(28)26-10-12-29-13-11-26/h1-9,14H,10-13,15H2/b9-4+. The van der Waals surface area contributed by atoms with E-state index in [9.17, 15) is 22.8 Å². The van der Waals surface area contributed by atoms with Crippen molar-refractivity contribution in [1.29, 1.82) is 0 Å². The minimum absolute atomic E-state index is 0.108. The quantitative estimate of drug-likeness (QED) is 0.528. The normalized spacial score (nSPS) is 14.7. The largest absolute Gasteiger partial charge is 0.484 e. The van der Waals surface area contributed by atoms with Gasteiger partial charge in [-0.2, -0.15) is 13.2 Å². The molecular weight excluding hydrogens is 399 g/mol. The summed E-state index contributed by atoms with van der Waals surface area (Å²) in [6.07, 6.45) is -1.89. The Bertz CT molecular complexity index is 917. The van der Waals surface area contributed by atoms with Gasteiger partial charge in [0.2, 0.25) is 0 Å². The topological polar surface area (TPSA) is 55.8 Å². The number of hydrogen-bond donors (Lipinski definition) is 0. The molecule has 0 N–H and O–H groups in total. The van der Waals surface area contributed by atoms with E-state index in [0.29, 0.717) is 37.6 Å². The maximum Gasteiger partial charge on any atom is 0.416 e. The fourth-order valence-electron chi connectivity index (χ4n) is 2.85. The molecule has 1 aliphatic rings. The van der Waals surface area contributed by atoms with E-state index < -0.39 is 11.7 Å². The van der Waals surface area contributed by atoms with E-state index in [2.05, 4.69) is 0 Å². The second-order valence-electron chi connectivity index (χ2n) is 6.63. The highest BCUT2D eigenvalue weighted by Gasteiger charge is 2.30. The van der Waals surface area contributed by atoms with Crippen molar-refractivity contribution in [3.8, 4) is 5.75 Å². The number of carbonyl (C=O) groups is 2. The van der Waals surface area contributed by atoms with E-state index in [0.717, 1.165) is 12.1 Å². The highest BCUT2D eigenvalue weighted by molar-refractivity contribution is 6.06. The van der Waals surface area contributed by atoms with Crippen molar-refractivity contribution >= 4 is 17.8 Å². The van der Waals surface area contributed by atoms with Gasteiger partial charge in [-0.25, -0.2) is 0 Å². The maximum atomic E-state index is 12.8. The number of rotatable bonds is 6. The van der Waals surface area contributed by atoms with Gasteiger partial charge in [-0.3, -0.25) is 9.59 Å². The van der Waals surface area contributed by atoms with Gasteiger partial charge in [0.15, 0.2) is 12.4 Å². The van der Waals surface area contributed by atoms with E-state index in [4.69, 9.17) is 9.47 Å². The van der Waals surface area contributed by atoms with Gasteiger partial charge >= 0.3 is 6.18 Å². The number of ether oxygens (including phenoxy) is 2. The molecule has 2 aromatic carbocycles. The molecule has 1 saturated heterocycles. The fraction of sp³-hybridized carbons (Fsp3) is 0.273. The van der Waals surface area contributed by atoms with Crippen molar-refractivity contribution in [2.75, 3.05) is 32.9 Å². The zero-order valence-electron chi connectivity index (χ0n) is 16.0. The average Bonchev–Trinajstić information content (AvgIpc) is 2.76. The van der Waals surface area contributed by atoms with Gasteiger partial charge < -0.3 is 14.4 Å². The lowest BCUT2D eigenvalue weighted by atomic mass is 10.1. The molecule has 0 aromatic heterocycles. The molecule has 30 heavy (non-hydrogen) atoms. The predicted octanol–water partition coefficient (Wildman–Crippen LogP) is 3.84. The summed E-state index contributed by atoms with van der Waals surface area (Å²) in [5.41, 5.74) is -0.143. The lowest BCUT2D eigenvalue weighted by molar-refractivity contribution is -0.138. The maximum absolute atomic E-state index is 12.8. The number of amides is 1. The highest BCUT2D eigenvalue weighted by atomic mass is 19.4. The Morgan fingerprint density at radius 2 is 1.77 bits per heavy atom. The Labute approximate surface area is 171 Å². The smallest absolute Gasteiger partial charge is 0.416 e. The zero-order chi connectivity index (χ0) is 21.6. The highest BCUT2D eigenvalue weighted by Crippen LogP contribution is 2.29. The SMILES string of the molecule is O=C(/C=C/c1cccc(C(F)(F)F)c1)c1ccc(OCC(=O)N2CCOCC2)cc1. The van der Waals surface area contributed by atoms with Crippen molar-refractivity contribution < 1.29 is 32.2 Å². The summed E-state index contributed by atoms with van der Waals surface area (Å²) in [7, 11) is 0. The summed E-state index contributed by atoms with van der Waals surface area (Å²) in [4.78, 5) is 26.0. The minimum Gasteiger partial charge on any atom is -0.484 e. The van der Waals surface area contributed by atoms with Crippen LogP contribution < -0.4 is 4.74 Å². The van der Waals surface area contributed by atoms with Crippen LogP contribution in [0.4, 0.5) is 13.2 Å². The first-order chi connectivity index (χ1) is 14.3. The molecule has 0 unspecified atom stereocenters. The van der Waals surface area contributed by atoms with Gasteiger partial charge in [-0.1, -0.05) is 18.2 Å². The minimum atomic E-state index is -4.44. The molecule has 1 fully saturated rings. The third kappa shape index (κ3) is 5.93. The Morgan fingerprint density at radius 1 is 1.07 bits per heavy atom. The number of allylic oxidation sites excluding steroid dienone is 1. The van der Waals surface area contributed by atoms with Crippen LogP contribution in [0.2, 0.25) is 0 Å². The molecule has 0 spiro atoms. The van der Waals surface area contributed by atoms with Crippen LogP contribution in [0.1, 0.15) is 21.5 Å². The Hall–Kier alpha value is -3.13. The van der Waals surface area contributed by atoms with Gasteiger partial charge in [0.25, 0.3) is 5.91 Å². The van der Waals surface area contributed by atoms with Crippen LogP contribution in [0.15, 0.2) is 54.6 Å². The number of benzene rings is 2. The van der Waals surface area contributed by atoms with Crippen LogP contribution in [0.5, 0.6) is 5.75 Å². The summed E-state index contributed by atoms with van der Waals surface area (Å²) in [6.45, 7) is 1.98. The first-order valence-corrected chi connectivity index (χ1v) is 9.31. The second-order valence-corrected chi connectivity index (χ2v) is 6.63. The van der Waals surface area contributed by atoms with Crippen molar-refractivity contribution in [2.45, 2.75) is 6.18 Å². The summed E-state index contributed by atoms with van der Waals surface area (Å²) in [5, 5.41) is 0. The van der Waals surface area contributed by atoms with Crippen molar-refractivity contribution in [3.05, 3.63) is 71.3 Å². The molecule has 8 heteroatoms. The molecule has 0 saturated carbocycles. The predicted molar refractivity (Wildman–Crippen MR) is 104 cm³/mol. The Balaban J connectivity index is 1.56. The molecule has 0 radical (unpaired) electrons. The lowest BCUT2D eigenvalue weighted by Gasteiger charge is -2.26. The van der Waals surface area contributed by atoms with Crippen molar-refractivity contribution in [3.63, 3.8) is 0 Å². The molecular formula is C22H20F3NO4. The molecule has 5 nitrogen and oxygen atoms in total. The van der Waals surface area contributed by atoms with E-state index >= 15 is 0 Å². The third-order valence-corrected chi connectivity index (χ3v) is 4.51. The number of hydrogen-bond acceptors (Lipinski definition) is 4. The number of nitrogens with zero attached hydrogens (tertiary/aromatic N) is 1. The van der Waals surface area contributed by atoms with E-state index in [1.807, 2.05) is 0 Å². The molecule has 0 bridgehead atoms. The zero-order valence-corrected chi connectivity index (χ0v) is 16.0. The first kappa shape index (κ1) is 21.6. The Kier molecular flexibility index (Phi) is 6.89. The van der Waals surface area contributed by atoms with E-state index in [1.54, 1.807) is 17.0 Å². The third-order valence-electron chi connectivity index (χ3n) is 4.51. The van der Waals surface area contributed by atoms with Gasteiger partial charge in [0.05, 0.1) is 18.8 Å². The van der Waals surface area contributed by atoms with Crippen molar-refractivity contribution in [1.82, 2.24) is 4.90 Å². The summed E-state index contributed by atoms with van der Waals surface area (Å²) >= 11 is 0. The molecule has 158 valence electrons. The second kappa shape index (κ2) is 9.58. The van der Waals surface area contributed by atoms with Crippen LogP contribution in [0.25, 0.3) is 6.08 Å². The lowest BCUT2D eigenvalue weighted by Crippen LogP contribution is -2.42. The molecule has 0 aliphatic carbocycles. The van der Waals surface area contributed by atoms with Gasteiger partial charge in [0, 0.05) is 18.7 Å². The summed E-state index contributed by atoms with van der Waals surface area (Å²) < 4.78 is 48.9. The average molecular weight is 419 g/mol. The van der Waals surface area contributed by atoms with Gasteiger partial charge in [-0.05, 0) is 48.0 Å². The molecule has 1 aliphatic heterocycles. The molecule has 1 heterocycles. The van der Waals surface area contributed by atoms with Crippen molar-refractivity contribution in [2.24, 2.45) is 0 Å². The number of carbonyl (C=O) groups excluding carboxylic acids is 2. The number of morpholine rings is 1. The van der Waals surface area contributed by atoms with Crippen LogP contribution in [-0.4, -0.2) is 49.5 Å². The van der Waals surface area contributed by atoms with Crippen LogP contribution >= 0.6 is 0 Å². The Morgan fingerprint density at radius 3 is 2.43 bits per heavy atom. The first-order valence-electron chi connectivity index (χ1n) is 9.31. The molecule has 0 atom stereocenters. The van der Waals surface area contributed by atoms with Gasteiger partial charge in [-0.15, -0.1) is 0 Å². The van der Waals surface area contributed by atoms with Gasteiger partial charge in [0.1, 0.15) is 5.75 Å². The van der Waals surface area contributed by atoms with Crippen LogP contribution in [0.3, 0.4) is 0 Å². The van der Waals surface area contributed by atoms with Crippen LogP contribution in [0, 0.1) is 0 Å². The number of ketones is 1. The van der Waals surface area contributed by atoms with Crippen LogP contribution in [-0.2, 0) is 15.7 Å². The molecule has 1 amide bonds. The monoisotopic (exact) mass is 419 g/mol.